The Morgan fingerprint density at radius 1 is 1.00 bits per heavy atom. The lowest BCUT2D eigenvalue weighted by molar-refractivity contribution is -0.122. The van der Waals surface area contributed by atoms with Crippen LogP contribution < -0.4 is 10.9 Å². The van der Waals surface area contributed by atoms with Gasteiger partial charge < -0.3 is 5.32 Å². The third kappa shape index (κ3) is 6.92. The molecule has 184 valence electrons. The molecule has 0 radical (unpaired) electrons. The van der Waals surface area contributed by atoms with E-state index in [2.05, 4.69) is 17.2 Å². The van der Waals surface area contributed by atoms with E-state index in [9.17, 15) is 9.59 Å². The smallest absolute Gasteiger partial charge is 0.267 e. The van der Waals surface area contributed by atoms with E-state index in [1.54, 1.807) is 29.3 Å². The van der Waals surface area contributed by atoms with Crippen molar-refractivity contribution in [2.45, 2.75) is 78.1 Å². The number of thiocarbonyl (C=S) groups is 1. The largest absolute Gasteiger partial charge is 0.370 e. The molecule has 0 saturated carbocycles. The van der Waals surface area contributed by atoms with Crippen LogP contribution in [0.5, 0.6) is 0 Å². The zero-order valence-corrected chi connectivity index (χ0v) is 22.0. The summed E-state index contributed by atoms with van der Waals surface area (Å²) < 4.78 is 2.06. The molecule has 1 amide bonds. The van der Waals surface area contributed by atoms with Gasteiger partial charge in [0.1, 0.15) is 15.8 Å². The van der Waals surface area contributed by atoms with E-state index < -0.39 is 0 Å². The fourth-order valence-corrected chi connectivity index (χ4v) is 5.41. The van der Waals surface area contributed by atoms with Gasteiger partial charge in [0.25, 0.3) is 11.5 Å². The van der Waals surface area contributed by atoms with Gasteiger partial charge in [0.15, 0.2) is 0 Å². The van der Waals surface area contributed by atoms with E-state index in [0.717, 1.165) is 12.8 Å². The van der Waals surface area contributed by atoms with Crippen LogP contribution in [0.25, 0.3) is 11.7 Å². The number of anilines is 1. The molecule has 3 rings (SSSR count). The van der Waals surface area contributed by atoms with Gasteiger partial charge in [0.2, 0.25) is 0 Å². The summed E-state index contributed by atoms with van der Waals surface area (Å²) >= 11 is 6.75. The molecule has 2 aromatic heterocycles. The Hall–Kier alpha value is -2.19. The van der Waals surface area contributed by atoms with Gasteiger partial charge in [-0.3, -0.25) is 18.9 Å². The van der Waals surface area contributed by atoms with Crippen LogP contribution in [0.3, 0.4) is 0 Å². The van der Waals surface area contributed by atoms with Gasteiger partial charge in [-0.1, -0.05) is 94.8 Å². The van der Waals surface area contributed by atoms with Crippen LogP contribution in [-0.2, 0) is 4.79 Å². The highest BCUT2D eigenvalue weighted by atomic mass is 32.2. The van der Waals surface area contributed by atoms with Gasteiger partial charge in [0, 0.05) is 19.3 Å². The second kappa shape index (κ2) is 13.6. The lowest BCUT2D eigenvalue weighted by Crippen LogP contribution is -2.29. The Kier molecular flexibility index (Phi) is 10.6. The number of unbranched alkanes of at least 4 members (excludes halogenated alkanes) is 9. The molecule has 0 unspecified atom stereocenters. The third-order valence-electron chi connectivity index (χ3n) is 6.00. The minimum Gasteiger partial charge on any atom is -0.370 e. The van der Waals surface area contributed by atoms with Crippen molar-refractivity contribution in [3.63, 3.8) is 0 Å². The zero-order chi connectivity index (χ0) is 24.3. The van der Waals surface area contributed by atoms with Crippen LogP contribution in [0.2, 0.25) is 0 Å². The second-order valence-electron chi connectivity index (χ2n) is 8.65. The molecule has 8 heteroatoms. The summed E-state index contributed by atoms with van der Waals surface area (Å²) in [7, 11) is 0. The molecular formula is C26H36N4O2S2. The standard InChI is InChI=1S/C26H36N4O2S2/c1-3-5-6-7-8-9-10-11-12-14-18-30-25(32)21(34-26(30)33)19-20-23(27-4-2)28-22-16-13-15-17-29(22)24(20)31/h13,15-17,19,27H,3-12,14,18H2,1-2H3/b21-19+. The molecule has 1 saturated heterocycles. The summed E-state index contributed by atoms with van der Waals surface area (Å²) in [4.78, 5) is 32.9. The lowest BCUT2D eigenvalue weighted by Gasteiger charge is -2.14. The predicted molar refractivity (Wildman–Crippen MR) is 147 cm³/mol. The number of nitrogens with one attached hydrogen (secondary N) is 1. The van der Waals surface area contributed by atoms with Crippen LogP contribution in [0, 0.1) is 0 Å². The van der Waals surface area contributed by atoms with Crippen molar-refractivity contribution < 1.29 is 4.79 Å². The minimum absolute atomic E-state index is 0.120. The second-order valence-corrected chi connectivity index (χ2v) is 10.3. The first kappa shape index (κ1) is 26.4. The van der Waals surface area contributed by atoms with Crippen molar-refractivity contribution in [2.75, 3.05) is 18.4 Å². The number of carbonyl (C=O) groups is 1. The highest BCUT2D eigenvalue weighted by Crippen LogP contribution is 2.33. The number of pyridine rings is 1. The molecule has 0 atom stereocenters. The Morgan fingerprint density at radius 3 is 2.35 bits per heavy atom. The Labute approximate surface area is 212 Å². The molecule has 3 heterocycles. The van der Waals surface area contributed by atoms with Crippen LogP contribution in [0.4, 0.5) is 5.82 Å². The van der Waals surface area contributed by atoms with Gasteiger partial charge >= 0.3 is 0 Å². The number of hydrogen-bond donors (Lipinski definition) is 1. The third-order valence-corrected chi connectivity index (χ3v) is 7.38. The minimum atomic E-state index is -0.207. The normalized spacial score (nSPS) is 15.1. The van der Waals surface area contributed by atoms with E-state index in [-0.39, 0.29) is 11.5 Å². The lowest BCUT2D eigenvalue weighted by atomic mass is 10.1. The number of fused-ring (bicyclic) bond motifs is 1. The van der Waals surface area contributed by atoms with E-state index in [4.69, 9.17) is 12.2 Å². The summed E-state index contributed by atoms with van der Waals surface area (Å²) in [5, 5.41) is 3.16. The fourth-order valence-electron chi connectivity index (χ4n) is 4.12. The molecule has 1 aliphatic heterocycles. The van der Waals surface area contributed by atoms with Crippen molar-refractivity contribution in [1.82, 2.24) is 14.3 Å². The van der Waals surface area contributed by atoms with Gasteiger partial charge in [-0.2, -0.15) is 0 Å². The maximum Gasteiger partial charge on any atom is 0.267 e. The molecule has 0 aromatic carbocycles. The Balaban J connectivity index is 1.59. The zero-order valence-electron chi connectivity index (χ0n) is 20.3. The quantitative estimate of drug-likeness (QED) is 0.188. The van der Waals surface area contributed by atoms with Crippen molar-refractivity contribution >= 4 is 51.7 Å². The molecule has 2 aromatic rings. The maximum absolute atomic E-state index is 13.1. The van der Waals surface area contributed by atoms with Crippen molar-refractivity contribution in [3.8, 4) is 0 Å². The number of hydrogen-bond acceptors (Lipinski definition) is 6. The summed E-state index contributed by atoms with van der Waals surface area (Å²) in [5.74, 6) is 0.365. The summed E-state index contributed by atoms with van der Waals surface area (Å²) in [6, 6.07) is 5.42. The van der Waals surface area contributed by atoms with Crippen LogP contribution in [-0.4, -0.2) is 37.6 Å². The molecule has 0 spiro atoms. The van der Waals surface area contributed by atoms with E-state index >= 15 is 0 Å². The number of nitrogens with zero attached hydrogens (tertiary/aromatic N) is 3. The summed E-state index contributed by atoms with van der Waals surface area (Å²) in [6.45, 7) is 5.45. The molecule has 6 nitrogen and oxygen atoms in total. The summed E-state index contributed by atoms with van der Waals surface area (Å²) in [5.41, 5.74) is 0.737. The Morgan fingerprint density at radius 2 is 1.68 bits per heavy atom. The molecule has 1 fully saturated rings. The van der Waals surface area contributed by atoms with Gasteiger partial charge in [0.05, 0.1) is 10.5 Å². The highest BCUT2D eigenvalue weighted by Gasteiger charge is 2.32. The number of aromatic nitrogens is 2. The average Bonchev–Trinajstić information content (AvgIpc) is 3.10. The molecule has 1 N–H and O–H groups in total. The molecular weight excluding hydrogens is 464 g/mol. The number of amides is 1. The maximum atomic E-state index is 13.1. The van der Waals surface area contributed by atoms with Crippen LogP contribution >= 0.6 is 24.0 Å². The van der Waals surface area contributed by atoms with Crippen molar-refractivity contribution in [3.05, 3.63) is 45.2 Å². The van der Waals surface area contributed by atoms with Gasteiger partial charge in [-0.05, 0) is 31.6 Å². The van der Waals surface area contributed by atoms with Crippen molar-refractivity contribution in [1.29, 1.82) is 0 Å². The molecule has 0 aliphatic carbocycles. The van der Waals surface area contributed by atoms with Crippen molar-refractivity contribution in [2.24, 2.45) is 0 Å². The van der Waals surface area contributed by atoms with Gasteiger partial charge in [-0.15, -0.1) is 0 Å². The molecule has 1 aliphatic rings. The van der Waals surface area contributed by atoms with Crippen LogP contribution in [0.15, 0.2) is 34.1 Å². The molecule has 34 heavy (non-hydrogen) atoms. The number of thioether (sulfide) groups is 1. The summed E-state index contributed by atoms with van der Waals surface area (Å²) in [6.07, 6.45) is 15.8. The van der Waals surface area contributed by atoms with E-state index in [0.29, 0.717) is 39.3 Å². The number of carbonyl (C=O) groups excluding carboxylic acids is 1. The SMILES string of the molecule is CCCCCCCCCCCCN1C(=O)/C(=C\c2c(NCC)nc3ccccn3c2=O)SC1=S. The monoisotopic (exact) mass is 500 g/mol. The first-order chi connectivity index (χ1) is 16.6. The first-order valence-electron chi connectivity index (χ1n) is 12.6. The number of rotatable bonds is 14. The van der Waals surface area contributed by atoms with E-state index in [1.807, 2.05) is 13.0 Å². The van der Waals surface area contributed by atoms with E-state index in [1.165, 1.54) is 67.5 Å². The first-order valence-corrected chi connectivity index (χ1v) is 13.8. The predicted octanol–water partition coefficient (Wildman–Crippen LogP) is 6.25. The highest BCUT2D eigenvalue weighted by molar-refractivity contribution is 8.26. The fraction of sp³-hybridized carbons (Fsp3) is 0.538. The average molecular weight is 501 g/mol. The van der Waals surface area contributed by atoms with Gasteiger partial charge in [-0.25, -0.2) is 4.98 Å². The molecule has 0 bridgehead atoms. The Bertz CT molecular complexity index is 1080. The topological polar surface area (TPSA) is 66.7 Å². The van der Waals surface area contributed by atoms with Crippen LogP contribution in [0.1, 0.15) is 83.6 Å².